The van der Waals surface area contributed by atoms with E-state index in [1.807, 2.05) is 0 Å². The highest BCUT2D eigenvalue weighted by atomic mass is 35.5. The van der Waals surface area contributed by atoms with Gasteiger partial charge in [0.15, 0.2) is 6.29 Å². The van der Waals surface area contributed by atoms with Crippen molar-refractivity contribution in [2.75, 3.05) is 45.8 Å². The van der Waals surface area contributed by atoms with Crippen molar-refractivity contribution < 1.29 is 23.7 Å². The number of urea groups is 1. The Bertz CT molecular complexity index is 613. The molecule has 0 spiro atoms. The second kappa shape index (κ2) is 8.12. The fourth-order valence-electron chi connectivity index (χ4n) is 3.18. The quantitative estimate of drug-likeness (QED) is 0.882. The molecule has 2 saturated heterocycles. The zero-order valence-corrected chi connectivity index (χ0v) is 15.2. The standard InChI is InChI=1S/C17H23ClN2O5/c1-22-14-10-15(23-2)13(9-12(14)18)19-17(21)20-5-3-11(4-6-20)16-24-7-8-25-16/h9-11,16H,3-8H2,1-2H3,(H,19,21). The molecular weight excluding hydrogens is 348 g/mol. The van der Waals surface area contributed by atoms with Crippen LogP contribution in [-0.2, 0) is 9.47 Å². The number of amides is 2. The van der Waals surface area contributed by atoms with E-state index < -0.39 is 0 Å². The third-order valence-electron chi connectivity index (χ3n) is 4.57. The summed E-state index contributed by atoms with van der Waals surface area (Å²) in [5.74, 6) is 1.34. The molecule has 2 fully saturated rings. The topological polar surface area (TPSA) is 69.3 Å². The molecule has 1 N–H and O–H groups in total. The molecule has 3 rings (SSSR count). The Morgan fingerprint density at radius 1 is 1.16 bits per heavy atom. The summed E-state index contributed by atoms with van der Waals surface area (Å²) < 4.78 is 21.6. The lowest BCUT2D eigenvalue weighted by Crippen LogP contribution is -2.43. The van der Waals surface area contributed by atoms with Crippen LogP contribution in [0.1, 0.15) is 12.8 Å². The Kier molecular flexibility index (Phi) is 5.88. The van der Waals surface area contributed by atoms with E-state index in [0.29, 0.717) is 54.4 Å². The number of likely N-dealkylation sites (tertiary alicyclic amines) is 1. The Morgan fingerprint density at radius 3 is 2.40 bits per heavy atom. The number of methoxy groups -OCH3 is 2. The molecule has 2 amide bonds. The number of carbonyl (C=O) groups is 1. The van der Waals surface area contributed by atoms with Crippen LogP contribution in [-0.4, -0.2) is 57.7 Å². The molecule has 1 aromatic carbocycles. The minimum Gasteiger partial charge on any atom is -0.495 e. The number of carbonyl (C=O) groups excluding carboxylic acids is 1. The van der Waals surface area contributed by atoms with Gasteiger partial charge in [0.2, 0.25) is 0 Å². The predicted octanol–water partition coefficient (Wildman–Crippen LogP) is 2.97. The number of benzene rings is 1. The average Bonchev–Trinajstić information content (AvgIpc) is 3.17. The van der Waals surface area contributed by atoms with E-state index in [0.717, 1.165) is 12.8 Å². The van der Waals surface area contributed by atoms with E-state index in [1.165, 1.54) is 14.2 Å². The number of nitrogens with zero attached hydrogens (tertiary/aromatic N) is 1. The number of hydrogen-bond donors (Lipinski definition) is 1. The van der Waals surface area contributed by atoms with Crippen molar-refractivity contribution in [1.82, 2.24) is 4.90 Å². The van der Waals surface area contributed by atoms with E-state index in [1.54, 1.807) is 17.0 Å². The zero-order valence-electron chi connectivity index (χ0n) is 14.4. The lowest BCUT2D eigenvalue weighted by molar-refractivity contribution is -0.0950. The van der Waals surface area contributed by atoms with Crippen LogP contribution in [0.5, 0.6) is 11.5 Å². The molecule has 0 unspecified atom stereocenters. The summed E-state index contributed by atoms with van der Waals surface area (Å²) in [5, 5.41) is 3.28. The molecule has 0 aromatic heterocycles. The first-order valence-electron chi connectivity index (χ1n) is 8.33. The van der Waals surface area contributed by atoms with Gasteiger partial charge in [0.25, 0.3) is 0 Å². The van der Waals surface area contributed by atoms with Crippen LogP contribution < -0.4 is 14.8 Å². The van der Waals surface area contributed by atoms with Gasteiger partial charge in [0.05, 0.1) is 38.1 Å². The molecule has 0 atom stereocenters. The van der Waals surface area contributed by atoms with Crippen molar-refractivity contribution in [1.29, 1.82) is 0 Å². The monoisotopic (exact) mass is 370 g/mol. The van der Waals surface area contributed by atoms with Crippen LogP contribution >= 0.6 is 11.6 Å². The van der Waals surface area contributed by atoms with Crippen LogP contribution in [0.4, 0.5) is 10.5 Å². The van der Waals surface area contributed by atoms with Gasteiger partial charge in [-0.2, -0.15) is 0 Å². The second-order valence-electron chi connectivity index (χ2n) is 6.05. The fraction of sp³-hybridized carbons (Fsp3) is 0.588. The van der Waals surface area contributed by atoms with E-state index >= 15 is 0 Å². The van der Waals surface area contributed by atoms with Gasteiger partial charge in [0, 0.05) is 25.1 Å². The Hall–Kier alpha value is -1.70. The van der Waals surface area contributed by atoms with Crippen LogP contribution in [0, 0.1) is 5.92 Å². The number of ether oxygens (including phenoxy) is 4. The van der Waals surface area contributed by atoms with Crippen molar-refractivity contribution >= 4 is 23.3 Å². The van der Waals surface area contributed by atoms with Crippen molar-refractivity contribution in [3.63, 3.8) is 0 Å². The largest absolute Gasteiger partial charge is 0.495 e. The average molecular weight is 371 g/mol. The smallest absolute Gasteiger partial charge is 0.321 e. The minimum atomic E-state index is -0.175. The molecule has 2 heterocycles. The zero-order chi connectivity index (χ0) is 17.8. The lowest BCUT2D eigenvalue weighted by atomic mass is 9.96. The molecule has 2 aliphatic heterocycles. The van der Waals surface area contributed by atoms with Gasteiger partial charge in [0.1, 0.15) is 11.5 Å². The molecule has 7 nitrogen and oxygen atoms in total. The summed E-state index contributed by atoms with van der Waals surface area (Å²) in [6, 6.07) is 3.11. The summed E-state index contributed by atoms with van der Waals surface area (Å²) in [5.41, 5.74) is 0.517. The maximum Gasteiger partial charge on any atom is 0.321 e. The molecule has 0 saturated carbocycles. The molecule has 0 radical (unpaired) electrons. The summed E-state index contributed by atoms with van der Waals surface area (Å²) in [6.45, 7) is 2.63. The van der Waals surface area contributed by atoms with E-state index in [4.69, 9.17) is 30.5 Å². The first-order valence-corrected chi connectivity index (χ1v) is 8.71. The summed E-state index contributed by atoms with van der Waals surface area (Å²) in [7, 11) is 3.06. The SMILES string of the molecule is COc1cc(OC)c(NC(=O)N2CCC(C3OCCO3)CC2)cc1Cl. The van der Waals surface area contributed by atoms with Gasteiger partial charge in [-0.05, 0) is 18.9 Å². The van der Waals surface area contributed by atoms with Gasteiger partial charge in [-0.25, -0.2) is 4.79 Å². The fourth-order valence-corrected chi connectivity index (χ4v) is 3.42. The minimum absolute atomic E-state index is 0.120. The maximum absolute atomic E-state index is 12.6. The van der Waals surface area contributed by atoms with E-state index in [2.05, 4.69) is 5.32 Å². The van der Waals surface area contributed by atoms with Crippen molar-refractivity contribution in [2.24, 2.45) is 5.92 Å². The van der Waals surface area contributed by atoms with Crippen LogP contribution in [0.2, 0.25) is 5.02 Å². The highest BCUT2D eigenvalue weighted by molar-refractivity contribution is 6.32. The van der Waals surface area contributed by atoms with Gasteiger partial charge >= 0.3 is 6.03 Å². The van der Waals surface area contributed by atoms with Crippen LogP contribution in [0.25, 0.3) is 0 Å². The van der Waals surface area contributed by atoms with E-state index in [9.17, 15) is 4.79 Å². The van der Waals surface area contributed by atoms with Gasteiger partial charge < -0.3 is 29.2 Å². The van der Waals surface area contributed by atoms with E-state index in [-0.39, 0.29) is 12.3 Å². The van der Waals surface area contributed by atoms with Gasteiger partial charge in [-0.15, -0.1) is 0 Å². The maximum atomic E-state index is 12.6. The molecule has 2 aliphatic rings. The van der Waals surface area contributed by atoms with Crippen molar-refractivity contribution in [3.05, 3.63) is 17.2 Å². The van der Waals surface area contributed by atoms with Crippen LogP contribution in [0.3, 0.4) is 0 Å². The summed E-state index contributed by atoms with van der Waals surface area (Å²) in [4.78, 5) is 14.3. The first kappa shape index (κ1) is 18.1. The van der Waals surface area contributed by atoms with Crippen molar-refractivity contribution in [3.8, 4) is 11.5 Å². The third-order valence-corrected chi connectivity index (χ3v) is 4.87. The molecule has 138 valence electrons. The van der Waals surface area contributed by atoms with Crippen LogP contribution in [0.15, 0.2) is 12.1 Å². The summed E-state index contributed by atoms with van der Waals surface area (Å²) in [6.07, 6.45) is 1.60. The molecule has 0 bridgehead atoms. The molecule has 8 heteroatoms. The number of piperidine rings is 1. The first-order chi connectivity index (χ1) is 12.1. The Balaban J connectivity index is 1.60. The molecular formula is C17H23ClN2O5. The highest BCUT2D eigenvalue weighted by Gasteiger charge is 2.32. The molecule has 0 aliphatic carbocycles. The van der Waals surface area contributed by atoms with Crippen molar-refractivity contribution in [2.45, 2.75) is 19.1 Å². The summed E-state index contributed by atoms with van der Waals surface area (Å²) >= 11 is 6.15. The third kappa shape index (κ3) is 4.11. The Labute approximate surface area is 152 Å². The number of hydrogen-bond acceptors (Lipinski definition) is 5. The Morgan fingerprint density at radius 2 is 1.80 bits per heavy atom. The van der Waals surface area contributed by atoms with Gasteiger partial charge in [-0.3, -0.25) is 0 Å². The number of halogens is 1. The number of anilines is 1. The lowest BCUT2D eigenvalue weighted by Gasteiger charge is -2.33. The van der Waals surface area contributed by atoms with Gasteiger partial charge in [-0.1, -0.05) is 11.6 Å². The molecule has 25 heavy (non-hydrogen) atoms. The second-order valence-corrected chi connectivity index (χ2v) is 6.46. The number of nitrogens with one attached hydrogen (secondary N) is 1. The molecule has 1 aromatic rings. The number of rotatable bonds is 4. The highest BCUT2D eigenvalue weighted by Crippen LogP contribution is 2.36. The normalized spacial score (nSPS) is 19.1. The predicted molar refractivity (Wildman–Crippen MR) is 93.6 cm³/mol.